The second-order valence-corrected chi connectivity index (χ2v) is 4.27. The molecule has 0 amide bonds. The lowest BCUT2D eigenvalue weighted by atomic mass is 10.2. The molecule has 0 bridgehead atoms. The first-order chi connectivity index (χ1) is 11.2. The van der Waals surface area contributed by atoms with Gasteiger partial charge in [-0.3, -0.25) is 0 Å². The number of aromatic nitrogens is 1. The first-order valence-corrected chi connectivity index (χ1v) is 7.33. The lowest BCUT2D eigenvalue weighted by Crippen LogP contribution is -2.07. The van der Waals surface area contributed by atoms with Crippen molar-refractivity contribution < 1.29 is 19.4 Å². The molecular weight excluding hydrogens is 296 g/mol. The van der Waals surface area contributed by atoms with E-state index in [1.807, 2.05) is 33.0 Å². The molecule has 0 saturated heterocycles. The van der Waals surface area contributed by atoms with Crippen molar-refractivity contribution in [1.82, 2.24) is 10.3 Å². The van der Waals surface area contributed by atoms with Gasteiger partial charge < -0.3 is 19.9 Å². The maximum Gasteiger partial charge on any atom is 0.335 e. The molecule has 23 heavy (non-hydrogen) atoms. The fraction of sp³-hybridized carbons (Fsp3) is 0.294. The largest absolute Gasteiger partial charge is 0.493 e. The van der Waals surface area contributed by atoms with Gasteiger partial charge in [-0.2, -0.15) is 0 Å². The second-order valence-electron chi connectivity index (χ2n) is 4.27. The van der Waals surface area contributed by atoms with Gasteiger partial charge in [0.25, 0.3) is 0 Å². The fourth-order valence-electron chi connectivity index (χ4n) is 1.83. The van der Waals surface area contributed by atoms with Gasteiger partial charge in [0.2, 0.25) is 5.88 Å². The van der Waals surface area contributed by atoms with Crippen LogP contribution in [-0.2, 0) is 6.54 Å². The number of aromatic carboxylic acids is 1. The topological polar surface area (TPSA) is 80.7 Å². The van der Waals surface area contributed by atoms with E-state index in [9.17, 15) is 4.79 Å². The lowest BCUT2D eigenvalue weighted by molar-refractivity contribution is 0.0696. The SMILES string of the molecule is CC.CNCc1cccnc1Oc1ccc(C(=O)O)cc1OC. The zero-order valence-corrected chi connectivity index (χ0v) is 13.8. The molecule has 2 N–H and O–H groups in total. The van der Waals surface area contributed by atoms with Crippen LogP contribution in [0.1, 0.15) is 29.8 Å². The Morgan fingerprint density at radius 3 is 2.61 bits per heavy atom. The molecule has 2 aromatic rings. The number of ether oxygens (including phenoxy) is 2. The maximum absolute atomic E-state index is 11.0. The molecule has 1 aromatic carbocycles. The van der Waals surface area contributed by atoms with Gasteiger partial charge in [-0.1, -0.05) is 19.9 Å². The average Bonchev–Trinajstić information content (AvgIpc) is 2.58. The van der Waals surface area contributed by atoms with Gasteiger partial charge in [-0.05, 0) is 31.3 Å². The van der Waals surface area contributed by atoms with Crippen LogP contribution in [0.2, 0.25) is 0 Å². The fourth-order valence-corrected chi connectivity index (χ4v) is 1.83. The minimum Gasteiger partial charge on any atom is -0.493 e. The molecule has 6 heteroatoms. The predicted molar refractivity (Wildman–Crippen MR) is 88.4 cm³/mol. The molecule has 0 unspecified atom stereocenters. The number of hydrogen-bond donors (Lipinski definition) is 2. The molecule has 0 fully saturated rings. The van der Waals surface area contributed by atoms with E-state index >= 15 is 0 Å². The summed E-state index contributed by atoms with van der Waals surface area (Å²) in [6.07, 6.45) is 1.63. The van der Waals surface area contributed by atoms with Crippen LogP contribution in [0.4, 0.5) is 0 Å². The number of hydrogen-bond acceptors (Lipinski definition) is 5. The third-order valence-corrected chi connectivity index (χ3v) is 2.83. The summed E-state index contributed by atoms with van der Waals surface area (Å²) in [6.45, 7) is 4.61. The molecule has 124 valence electrons. The number of rotatable bonds is 6. The Morgan fingerprint density at radius 2 is 2.00 bits per heavy atom. The van der Waals surface area contributed by atoms with Crippen LogP contribution in [0, 0.1) is 0 Å². The molecule has 1 heterocycles. The highest BCUT2D eigenvalue weighted by molar-refractivity contribution is 5.88. The molecule has 1 aromatic heterocycles. The third-order valence-electron chi connectivity index (χ3n) is 2.83. The van der Waals surface area contributed by atoms with Gasteiger partial charge in [-0.25, -0.2) is 9.78 Å². The van der Waals surface area contributed by atoms with E-state index in [0.717, 1.165) is 5.56 Å². The summed E-state index contributed by atoms with van der Waals surface area (Å²) in [7, 11) is 3.29. The molecule has 0 saturated carbocycles. The zero-order valence-electron chi connectivity index (χ0n) is 13.8. The zero-order chi connectivity index (χ0) is 17.2. The van der Waals surface area contributed by atoms with Crippen LogP contribution < -0.4 is 14.8 Å². The van der Waals surface area contributed by atoms with Crippen molar-refractivity contribution in [3.05, 3.63) is 47.7 Å². The summed E-state index contributed by atoms with van der Waals surface area (Å²) in [5, 5.41) is 12.0. The van der Waals surface area contributed by atoms with Gasteiger partial charge in [0.1, 0.15) is 0 Å². The Hall–Kier alpha value is -2.60. The highest BCUT2D eigenvalue weighted by Gasteiger charge is 2.13. The average molecular weight is 318 g/mol. The van der Waals surface area contributed by atoms with E-state index in [1.54, 1.807) is 12.3 Å². The lowest BCUT2D eigenvalue weighted by Gasteiger charge is -2.12. The van der Waals surface area contributed by atoms with Crippen LogP contribution in [0.15, 0.2) is 36.5 Å². The first-order valence-electron chi connectivity index (χ1n) is 7.33. The van der Waals surface area contributed by atoms with Crippen molar-refractivity contribution in [3.8, 4) is 17.4 Å². The number of pyridine rings is 1. The van der Waals surface area contributed by atoms with E-state index < -0.39 is 5.97 Å². The summed E-state index contributed by atoms with van der Waals surface area (Å²) in [6, 6.07) is 8.15. The molecule has 0 spiro atoms. The summed E-state index contributed by atoms with van der Waals surface area (Å²) in [5.74, 6) is 0.191. The predicted octanol–water partition coefficient (Wildman–Crippen LogP) is 3.33. The minimum absolute atomic E-state index is 0.135. The smallest absolute Gasteiger partial charge is 0.335 e. The molecule has 0 radical (unpaired) electrons. The molecule has 0 aliphatic heterocycles. The summed E-state index contributed by atoms with van der Waals surface area (Å²) >= 11 is 0. The van der Waals surface area contributed by atoms with Gasteiger partial charge in [0, 0.05) is 18.3 Å². The monoisotopic (exact) mass is 318 g/mol. The molecule has 0 atom stereocenters. The molecule has 0 aliphatic rings. The van der Waals surface area contributed by atoms with Crippen molar-refractivity contribution in [2.24, 2.45) is 0 Å². The van der Waals surface area contributed by atoms with E-state index in [1.165, 1.54) is 19.2 Å². The van der Waals surface area contributed by atoms with Crippen molar-refractivity contribution in [1.29, 1.82) is 0 Å². The Labute approximate surface area is 136 Å². The van der Waals surface area contributed by atoms with Crippen molar-refractivity contribution in [2.45, 2.75) is 20.4 Å². The van der Waals surface area contributed by atoms with Gasteiger partial charge in [0.15, 0.2) is 11.5 Å². The van der Waals surface area contributed by atoms with Crippen LogP contribution in [0.3, 0.4) is 0 Å². The van der Waals surface area contributed by atoms with Crippen molar-refractivity contribution in [3.63, 3.8) is 0 Å². The standard InChI is InChI=1S/C15H16N2O4.C2H6/c1-16-9-11-4-3-7-17-14(11)21-12-6-5-10(15(18)19)8-13(12)20-2;1-2/h3-8,16H,9H2,1-2H3,(H,18,19);1-2H3. The Bertz CT molecular complexity index is 644. The minimum atomic E-state index is -1.02. The number of benzene rings is 1. The van der Waals surface area contributed by atoms with E-state index in [2.05, 4.69) is 10.3 Å². The van der Waals surface area contributed by atoms with E-state index in [-0.39, 0.29) is 5.56 Å². The summed E-state index contributed by atoms with van der Waals surface area (Å²) in [5.41, 5.74) is 1.03. The normalized spacial score (nSPS) is 9.57. The van der Waals surface area contributed by atoms with Gasteiger partial charge in [0.05, 0.1) is 12.7 Å². The Kier molecular flexibility index (Phi) is 7.56. The molecular formula is C17H22N2O4. The third kappa shape index (κ3) is 4.96. The summed E-state index contributed by atoms with van der Waals surface area (Å²) in [4.78, 5) is 15.2. The number of carboxylic acid groups (broad SMARTS) is 1. The highest BCUT2D eigenvalue weighted by Crippen LogP contribution is 2.32. The number of nitrogens with zero attached hydrogens (tertiary/aromatic N) is 1. The number of carboxylic acids is 1. The van der Waals surface area contributed by atoms with Crippen LogP contribution >= 0.6 is 0 Å². The van der Waals surface area contributed by atoms with Crippen LogP contribution in [0.25, 0.3) is 0 Å². The summed E-state index contributed by atoms with van der Waals surface area (Å²) < 4.78 is 10.9. The number of nitrogens with one attached hydrogen (secondary N) is 1. The van der Waals surface area contributed by atoms with Gasteiger partial charge in [-0.15, -0.1) is 0 Å². The first kappa shape index (κ1) is 18.4. The second kappa shape index (κ2) is 9.42. The van der Waals surface area contributed by atoms with Crippen molar-refractivity contribution >= 4 is 5.97 Å². The van der Waals surface area contributed by atoms with Crippen LogP contribution in [-0.4, -0.2) is 30.2 Å². The number of carbonyl (C=O) groups is 1. The van der Waals surface area contributed by atoms with Gasteiger partial charge >= 0.3 is 5.97 Å². The Balaban J connectivity index is 0.00000127. The molecule has 0 aliphatic carbocycles. The number of methoxy groups -OCH3 is 1. The van der Waals surface area contributed by atoms with E-state index in [0.29, 0.717) is 23.9 Å². The van der Waals surface area contributed by atoms with Crippen LogP contribution in [0.5, 0.6) is 17.4 Å². The Morgan fingerprint density at radius 1 is 1.26 bits per heavy atom. The quantitative estimate of drug-likeness (QED) is 0.850. The maximum atomic E-state index is 11.0. The highest BCUT2D eigenvalue weighted by atomic mass is 16.5. The van der Waals surface area contributed by atoms with Crippen molar-refractivity contribution in [2.75, 3.05) is 14.2 Å². The molecule has 6 nitrogen and oxygen atoms in total. The van der Waals surface area contributed by atoms with E-state index in [4.69, 9.17) is 14.6 Å². The molecule has 2 rings (SSSR count).